The van der Waals surface area contributed by atoms with Crippen molar-refractivity contribution in [2.75, 3.05) is 6.54 Å². The van der Waals surface area contributed by atoms with Crippen molar-refractivity contribution in [2.45, 2.75) is 6.42 Å². The quantitative estimate of drug-likeness (QED) is 0.715. The zero-order chi connectivity index (χ0) is 8.81. The third-order valence-electron chi connectivity index (χ3n) is 1.78. The summed E-state index contributed by atoms with van der Waals surface area (Å²) in [4.78, 5) is 10.3. The van der Waals surface area contributed by atoms with E-state index < -0.39 is 0 Å². The Bertz CT molecular complexity index is 233. The van der Waals surface area contributed by atoms with Gasteiger partial charge in [-0.15, -0.1) is 0 Å². The van der Waals surface area contributed by atoms with Crippen molar-refractivity contribution in [3.8, 4) is 0 Å². The van der Waals surface area contributed by atoms with Gasteiger partial charge in [-0.25, -0.2) is 0 Å². The molecule has 12 heavy (non-hydrogen) atoms. The molecule has 1 radical (unpaired) electrons. The second-order valence-electron chi connectivity index (χ2n) is 2.74. The van der Waals surface area contributed by atoms with Crippen molar-refractivity contribution in [3.63, 3.8) is 0 Å². The highest BCUT2D eigenvalue weighted by molar-refractivity contribution is 5.55. The summed E-state index contributed by atoms with van der Waals surface area (Å²) in [6, 6.07) is 9.83. The van der Waals surface area contributed by atoms with Gasteiger partial charge in [-0.2, -0.15) is 0 Å². The van der Waals surface area contributed by atoms with Crippen LogP contribution in [0, 0.1) is 5.92 Å². The van der Waals surface area contributed by atoms with E-state index in [0.717, 1.165) is 5.56 Å². The molecule has 0 bridgehead atoms. The van der Waals surface area contributed by atoms with Gasteiger partial charge in [-0.3, -0.25) is 4.79 Å². The molecule has 0 amide bonds. The first-order valence-corrected chi connectivity index (χ1v) is 3.98. The van der Waals surface area contributed by atoms with Crippen LogP contribution in [0.5, 0.6) is 0 Å². The molecule has 0 heterocycles. The SMILES string of the molecule is NC[C@@H]([C]=O)Cc1ccccc1. The Labute approximate surface area is 72.4 Å². The summed E-state index contributed by atoms with van der Waals surface area (Å²) in [5.74, 6) is -0.160. The van der Waals surface area contributed by atoms with E-state index in [1.165, 1.54) is 0 Å². The molecule has 1 atom stereocenters. The van der Waals surface area contributed by atoms with Crippen LogP contribution in [0.15, 0.2) is 30.3 Å². The smallest absolute Gasteiger partial charge is 0.203 e. The van der Waals surface area contributed by atoms with Crippen LogP contribution < -0.4 is 5.73 Å². The van der Waals surface area contributed by atoms with Gasteiger partial charge in [0.25, 0.3) is 0 Å². The number of carbonyl (C=O) groups excluding carboxylic acids is 1. The molecule has 0 aliphatic rings. The number of rotatable bonds is 4. The highest BCUT2D eigenvalue weighted by Gasteiger charge is 2.05. The van der Waals surface area contributed by atoms with Crippen molar-refractivity contribution >= 4 is 6.29 Å². The van der Waals surface area contributed by atoms with Crippen LogP contribution >= 0.6 is 0 Å². The molecule has 0 spiro atoms. The van der Waals surface area contributed by atoms with E-state index >= 15 is 0 Å². The van der Waals surface area contributed by atoms with Gasteiger partial charge in [0.05, 0.1) is 0 Å². The molecule has 0 aliphatic carbocycles. The van der Waals surface area contributed by atoms with Gasteiger partial charge in [-0.1, -0.05) is 30.3 Å². The molecular weight excluding hydrogens is 150 g/mol. The Morgan fingerprint density at radius 3 is 2.50 bits per heavy atom. The number of nitrogens with two attached hydrogens (primary N) is 1. The zero-order valence-corrected chi connectivity index (χ0v) is 6.86. The molecule has 0 saturated carbocycles. The Morgan fingerprint density at radius 1 is 1.33 bits per heavy atom. The molecule has 1 rings (SSSR count). The Hall–Kier alpha value is -1.15. The number of hydrogen-bond acceptors (Lipinski definition) is 2. The van der Waals surface area contributed by atoms with Gasteiger partial charge in [-0.05, 0) is 12.0 Å². The fourth-order valence-corrected chi connectivity index (χ4v) is 1.07. The van der Waals surface area contributed by atoms with Gasteiger partial charge in [0.1, 0.15) is 0 Å². The van der Waals surface area contributed by atoms with E-state index in [9.17, 15) is 4.79 Å². The topological polar surface area (TPSA) is 43.1 Å². The maximum atomic E-state index is 10.3. The average Bonchev–Trinajstić information content (AvgIpc) is 2.16. The van der Waals surface area contributed by atoms with Gasteiger partial charge in [0.2, 0.25) is 6.29 Å². The zero-order valence-electron chi connectivity index (χ0n) is 6.86. The summed E-state index contributed by atoms with van der Waals surface area (Å²) < 4.78 is 0. The molecule has 1 aromatic carbocycles. The maximum Gasteiger partial charge on any atom is 0.203 e. The lowest BCUT2D eigenvalue weighted by molar-refractivity contribution is 0.520. The Morgan fingerprint density at radius 2 is 2.00 bits per heavy atom. The monoisotopic (exact) mass is 162 g/mol. The van der Waals surface area contributed by atoms with Crippen molar-refractivity contribution < 1.29 is 4.79 Å². The van der Waals surface area contributed by atoms with Crippen LogP contribution in [-0.2, 0) is 11.2 Å². The highest BCUT2D eigenvalue weighted by Crippen LogP contribution is 2.05. The van der Waals surface area contributed by atoms with Crippen LogP contribution in [0.4, 0.5) is 0 Å². The fourth-order valence-electron chi connectivity index (χ4n) is 1.07. The minimum absolute atomic E-state index is 0.160. The molecule has 0 unspecified atom stereocenters. The van der Waals surface area contributed by atoms with E-state index in [2.05, 4.69) is 0 Å². The first-order chi connectivity index (χ1) is 5.86. The van der Waals surface area contributed by atoms with Gasteiger partial charge in [0, 0.05) is 12.5 Å². The molecular formula is C10H12NO. The van der Waals surface area contributed by atoms with Crippen molar-refractivity contribution in [3.05, 3.63) is 35.9 Å². The molecule has 0 fully saturated rings. The fraction of sp³-hybridized carbons (Fsp3) is 0.300. The second-order valence-corrected chi connectivity index (χ2v) is 2.74. The summed E-state index contributed by atoms with van der Waals surface area (Å²) in [7, 11) is 0. The van der Waals surface area contributed by atoms with Crippen LogP contribution in [0.25, 0.3) is 0 Å². The molecule has 0 saturated heterocycles. The number of benzene rings is 1. The molecule has 0 aromatic heterocycles. The highest BCUT2D eigenvalue weighted by atomic mass is 16.1. The second kappa shape index (κ2) is 4.67. The molecule has 0 aliphatic heterocycles. The molecule has 1 aromatic rings. The largest absolute Gasteiger partial charge is 0.330 e. The molecule has 63 valence electrons. The third-order valence-corrected chi connectivity index (χ3v) is 1.78. The normalized spacial score (nSPS) is 12.4. The van der Waals surface area contributed by atoms with Crippen molar-refractivity contribution in [2.24, 2.45) is 11.7 Å². The average molecular weight is 162 g/mol. The predicted molar refractivity (Wildman–Crippen MR) is 48.4 cm³/mol. The van der Waals surface area contributed by atoms with Crippen LogP contribution in [0.3, 0.4) is 0 Å². The van der Waals surface area contributed by atoms with E-state index in [1.54, 1.807) is 0 Å². The standard InChI is InChI=1S/C10H12NO/c11-7-10(8-12)6-9-4-2-1-3-5-9/h1-5,10H,6-7,11H2/t10-/m0/s1. The van der Waals surface area contributed by atoms with Gasteiger partial charge in [0.15, 0.2) is 0 Å². The van der Waals surface area contributed by atoms with E-state index in [0.29, 0.717) is 13.0 Å². The lowest BCUT2D eigenvalue weighted by atomic mass is 10.0. The summed E-state index contributed by atoms with van der Waals surface area (Å²) >= 11 is 0. The predicted octanol–water partition coefficient (Wildman–Crippen LogP) is 0.914. The van der Waals surface area contributed by atoms with Crippen molar-refractivity contribution in [1.82, 2.24) is 0 Å². The van der Waals surface area contributed by atoms with E-state index in [-0.39, 0.29) is 5.92 Å². The van der Waals surface area contributed by atoms with E-state index in [4.69, 9.17) is 5.73 Å². The van der Waals surface area contributed by atoms with E-state index in [1.807, 2.05) is 36.6 Å². The molecule has 2 nitrogen and oxygen atoms in total. The summed E-state index contributed by atoms with van der Waals surface area (Å²) in [6.07, 6.45) is 2.62. The summed E-state index contributed by atoms with van der Waals surface area (Å²) in [6.45, 7) is 0.373. The lowest BCUT2D eigenvalue weighted by Crippen LogP contribution is -2.17. The lowest BCUT2D eigenvalue weighted by Gasteiger charge is -2.04. The van der Waals surface area contributed by atoms with Crippen LogP contribution in [0.2, 0.25) is 0 Å². The third kappa shape index (κ3) is 2.47. The number of hydrogen-bond donors (Lipinski definition) is 1. The molecule has 2 N–H and O–H groups in total. The Balaban J connectivity index is 2.56. The van der Waals surface area contributed by atoms with Crippen molar-refractivity contribution in [1.29, 1.82) is 0 Å². The first kappa shape index (κ1) is 8.94. The molecule has 2 heteroatoms. The minimum atomic E-state index is -0.160. The Kier molecular flexibility index (Phi) is 3.48. The van der Waals surface area contributed by atoms with Crippen LogP contribution in [0.1, 0.15) is 5.56 Å². The first-order valence-electron chi connectivity index (χ1n) is 3.98. The van der Waals surface area contributed by atoms with Gasteiger partial charge < -0.3 is 5.73 Å². The van der Waals surface area contributed by atoms with Gasteiger partial charge >= 0.3 is 0 Å². The van der Waals surface area contributed by atoms with Crippen LogP contribution in [-0.4, -0.2) is 12.8 Å². The minimum Gasteiger partial charge on any atom is -0.330 e. The summed E-state index contributed by atoms with van der Waals surface area (Å²) in [5.41, 5.74) is 6.50. The summed E-state index contributed by atoms with van der Waals surface area (Å²) in [5, 5.41) is 0. The maximum absolute atomic E-state index is 10.3.